The van der Waals surface area contributed by atoms with Crippen LogP contribution in [0.1, 0.15) is 49.5 Å². The van der Waals surface area contributed by atoms with Crippen molar-refractivity contribution in [3.63, 3.8) is 0 Å². The third-order valence-corrected chi connectivity index (χ3v) is 9.96. The number of rotatable bonds is 9. The smallest absolute Gasteiger partial charge is 0.213 e. The van der Waals surface area contributed by atoms with Gasteiger partial charge in [0.1, 0.15) is 16.8 Å². The van der Waals surface area contributed by atoms with E-state index in [0.717, 1.165) is 40.4 Å². The summed E-state index contributed by atoms with van der Waals surface area (Å²) in [5.41, 5.74) is 2.50. The first-order valence-electron chi connectivity index (χ1n) is 13.2. The number of fused-ring (bicyclic) bond motifs is 1. The van der Waals surface area contributed by atoms with E-state index in [-0.39, 0.29) is 35.8 Å². The van der Waals surface area contributed by atoms with Crippen molar-refractivity contribution in [2.75, 3.05) is 25.4 Å². The minimum Gasteiger partial charge on any atom is -0.490 e. The lowest BCUT2D eigenvalue weighted by Crippen LogP contribution is -2.39. The molecule has 8 nitrogen and oxygen atoms in total. The first kappa shape index (κ1) is 27.0. The van der Waals surface area contributed by atoms with E-state index in [1.54, 1.807) is 11.3 Å². The highest BCUT2D eigenvalue weighted by Gasteiger charge is 2.39. The molecule has 2 unspecified atom stereocenters. The summed E-state index contributed by atoms with van der Waals surface area (Å²) in [4.78, 5) is 7.80. The molecular formula is C28H34N4O4S2. The number of ether oxygens (including phenoxy) is 1. The van der Waals surface area contributed by atoms with Crippen molar-refractivity contribution in [2.24, 2.45) is 5.92 Å². The fourth-order valence-corrected chi connectivity index (χ4v) is 7.99. The molecule has 2 N–H and O–H groups in total. The summed E-state index contributed by atoms with van der Waals surface area (Å²) < 4.78 is 34.4. The minimum absolute atomic E-state index is 0.0152. The summed E-state index contributed by atoms with van der Waals surface area (Å²) in [6, 6.07) is 7.62. The van der Waals surface area contributed by atoms with Crippen molar-refractivity contribution in [3.8, 4) is 22.4 Å². The largest absolute Gasteiger partial charge is 0.490 e. The number of benzene rings is 1. The Bertz CT molecular complexity index is 1380. The molecule has 2 aromatic rings. The van der Waals surface area contributed by atoms with Gasteiger partial charge in [-0.15, -0.1) is 11.3 Å². The number of aliphatic hydroxyl groups is 1. The van der Waals surface area contributed by atoms with Crippen LogP contribution in [0, 0.1) is 17.2 Å². The number of allylic oxidation sites excluding steroid dienone is 3. The van der Waals surface area contributed by atoms with Crippen LogP contribution in [0.5, 0.6) is 5.75 Å². The van der Waals surface area contributed by atoms with Crippen molar-refractivity contribution in [3.05, 3.63) is 58.6 Å². The van der Waals surface area contributed by atoms with E-state index >= 15 is 0 Å². The van der Waals surface area contributed by atoms with Crippen LogP contribution in [0.3, 0.4) is 0 Å². The molecule has 1 aromatic carbocycles. The van der Waals surface area contributed by atoms with Crippen LogP contribution in [-0.2, 0) is 10.0 Å². The SMILES string of the molecule is CC(C)Oc1ccc(-c2ncc(C3C=CC=C4C3CC[C@@H]4NS(=O)(=O)CCN3CC[C@H](O)C3)s2)cc1C#N. The maximum Gasteiger partial charge on any atom is 0.213 e. The number of hydrogen-bond acceptors (Lipinski definition) is 8. The van der Waals surface area contributed by atoms with E-state index in [1.807, 2.05) is 49.2 Å². The Labute approximate surface area is 228 Å². The molecule has 0 amide bonds. The second-order valence-electron chi connectivity index (χ2n) is 10.6. The summed E-state index contributed by atoms with van der Waals surface area (Å²) in [7, 11) is -3.44. The van der Waals surface area contributed by atoms with Gasteiger partial charge in [0.15, 0.2) is 0 Å². The lowest BCUT2D eigenvalue weighted by atomic mass is 9.83. The van der Waals surface area contributed by atoms with Crippen LogP contribution >= 0.6 is 11.3 Å². The van der Waals surface area contributed by atoms with Gasteiger partial charge < -0.3 is 9.84 Å². The Kier molecular flexibility index (Phi) is 8.03. The Hall–Kier alpha value is -2.55. The van der Waals surface area contributed by atoms with Crippen molar-refractivity contribution in [1.29, 1.82) is 5.26 Å². The molecule has 0 bridgehead atoms. The number of nitriles is 1. The highest BCUT2D eigenvalue weighted by molar-refractivity contribution is 7.89. The third-order valence-electron chi connectivity index (χ3n) is 7.44. The maximum absolute atomic E-state index is 12.9. The van der Waals surface area contributed by atoms with E-state index in [9.17, 15) is 18.8 Å². The Morgan fingerprint density at radius 2 is 2.16 bits per heavy atom. The molecular weight excluding hydrogens is 520 g/mol. The molecule has 10 heteroatoms. The van der Waals surface area contributed by atoms with Crippen molar-refractivity contribution >= 4 is 21.4 Å². The van der Waals surface area contributed by atoms with Gasteiger partial charge in [-0.3, -0.25) is 4.90 Å². The molecule has 2 fully saturated rings. The van der Waals surface area contributed by atoms with Gasteiger partial charge in [0.2, 0.25) is 10.0 Å². The van der Waals surface area contributed by atoms with E-state index in [4.69, 9.17) is 4.74 Å². The number of β-amino-alcohol motifs (C(OH)–C–C–N with tert-alkyl or cyclic N) is 1. The van der Waals surface area contributed by atoms with Gasteiger partial charge >= 0.3 is 0 Å². The van der Waals surface area contributed by atoms with Gasteiger partial charge in [-0.2, -0.15) is 5.26 Å². The molecule has 202 valence electrons. The predicted octanol–water partition coefficient (Wildman–Crippen LogP) is 3.81. The van der Waals surface area contributed by atoms with Gasteiger partial charge in [-0.25, -0.2) is 18.1 Å². The number of sulfonamides is 1. The first-order valence-corrected chi connectivity index (χ1v) is 15.6. The second-order valence-corrected chi connectivity index (χ2v) is 13.5. The summed E-state index contributed by atoms with van der Waals surface area (Å²) in [5.74, 6) is 0.981. The highest BCUT2D eigenvalue weighted by Crippen LogP contribution is 2.46. The van der Waals surface area contributed by atoms with Crippen LogP contribution in [0.15, 0.2) is 48.2 Å². The number of thiazole rings is 1. The average Bonchev–Trinajstić information content (AvgIpc) is 3.63. The predicted molar refractivity (Wildman–Crippen MR) is 148 cm³/mol. The number of nitrogens with zero attached hydrogens (tertiary/aromatic N) is 3. The Morgan fingerprint density at radius 3 is 2.89 bits per heavy atom. The lowest BCUT2D eigenvalue weighted by molar-refractivity contribution is 0.178. The monoisotopic (exact) mass is 554 g/mol. The molecule has 4 atom stereocenters. The van der Waals surface area contributed by atoms with Gasteiger partial charge in [0.05, 0.1) is 23.5 Å². The van der Waals surface area contributed by atoms with Crippen molar-refractivity contribution in [1.82, 2.24) is 14.6 Å². The Morgan fingerprint density at radius 1 is 1.32 bits per heavy atom. The minimum atomic E-state index is -3.44. The first-order chi connectivity index (χ1) is 18.2. The quantitative estimate of drug-likeness (QED) is 0.484. The molecule has 0 spiro atoms. The number of likely N-dealkylation sites (tertiary alicyclic amines) is 1. The number of aliphatic hydroxyl groups excluding tert-OH is 1. The highest BCUT2D eigenvalue weighted by atomic mass is 32.2. The van der Waals surface area contributed by atoms with E-state index in [2.05, 4.69) is 27.9 Å². The number of hydrogen-bond donors (Lipinski definition) is 2. The third kappa shape index (κ3) is 6.03. The molecule has 5 rings (SSSR count). The van der Waals surface area contributed by atoms with Crippen LogP contribution in [-0.4, -0.2) is 67.0 Å². The zero-order chi connectivity index (χ0) is 26.9. The van der Waals surface area contributed by atoms with Crippen molar-refractivity contribution in [2.45, 2.75) is 57.3 Å². The Balaban J connectivity index is 1.26. The zero-order valence-corrected chi connectivity index (χ0v) is 23.3. The normalized spacial score (nSPS) is 25.4. The summed E-state index contributed by atoms with van der Waals surface area (Å²) in [5, 5.41) is 20.1. The molecule has 2 heterocycles. The summed E-state index contributed by atoms with van der Waals surface area (Å²) in [6.07, 6.45) is 10.2. The van der Waals surface area contributed by atoms with E-state index in [0.29, 0.717) is 30.8 Å². The molecule has 1 saturated heterocycles. The van der Waals surface area contributed by atoms with E-state index in [1.165, 1.54) is 0 Å². The van der Waals surface area contributed by atoms with Crippen molar-refractivity contribution < 1.29 is 18.3 Å². The maximum atomic E-state index is 12.9. The van der Waals surface area contributed by atoms with Crippen LogP contribution < -0.4 is 9.46 Å². The molecule has 1 saturated carbocycles. The molecule has 3 aliphatic rings. The zero-order valence-electron chi connectivity index (χ0n) is 21.7. The summed E-state index contributed by atoms with van der Waals surface area (Å²) in [6.45, 7) is 5.59. The lowest BCUT2D eigenvalue weighted by Gasteiger charge is -2.26. The fourth-order valence-electron chi connectivity index (χ4n) is 5.63. The molecule has 2 aliphatic carbocycles. The van der Waals surface area contributed by atoms with Gasteiger partial charge in [0, 0.05) is 48.2 Å². The topological polar surface area (TPSA) is 116 Å². The second kappa shape index (κ2) is 11.3. The molecule has 1 aromatic heterocycles. The average molecular weight is 555 g/mol. The standard InChI is InChI=1S/C28H34N4O4S2/c1-18(2)36-26-9-6-19(14-20(26)15-29)28-30-16-27(37-28)24-5-3-4-23-22(24)7-8-25(23)31-38(34,35)13-12-32-11-10-21(33)17-32/h3-6,9,14,16,18,21-22,24-25,31,33H,7-8,10-13,17H2,1-2H3/t21-,22?,24?,25-/m0/s1. The van der Waals surface area contributed by atoms with Crippen LogP contribution in [0.4, 0.5) is 0 Å². The number of aromatic nitrogens is 1. The van der Waals surface area contributed by atoms with Gasteiger partial charge in [0.25, 0.3) is 0 Å². The molecule has 0 radical (unpaired) electrons. The van der Waals surface area contributed by atoms with Crippen LogP contribution in [0.2, 0.25) is 0 Å². The van der Waals surface area contributed by atoms with E-state index < -0.39 is 10.0 Å². The molecule has 1 aliphatic heterocycles. The van der Waals surface area contributed by atoms with Crippen LogP contribution in [0.25, 0.3) is 10.6 Å². The number of nitrogens with one attached hydrogen (secondary N) is 1. The summed E-state index contributed by atoms with van der Waals surface area (Å²) >= 11 is 1.61. The van der Waals surface area contributed by atoms with Gasteiger partial charge in [-0.05, 0) is 62.8 Å². The molecule has 38 heavy (non-hydrogen) atoms. The van der Waals surface area contributed by atoms with Gasteiger partial charge in [-0.1, -0.05) is 18.2 Å². The fraction of sp³-hybridized carbons (Fsp3) is 0.500.